The molecule has 0 rings (SSSR count). The standard InChI is InChI=1S/C16H26O7.CH4/c1-4-12(17)11-13(5-2)23-16(20)8-7-15(19)22-10-9-21-14(18)6-3;/h6,12-13,17H,3-5,7-11H2,1-2H3;1H4. The first kappa shape index (κ1) is 24.4. The fourth-order valence-corrected chi connectivity index (χ4v) is 1.65. The summed E-state index contributed by atoms with van der Waals surface area (Å²) in [6, 6.07) is 0. The third-order valence-corrected chi connectivity index (χ3v) is 3.05. The highest BCUT2D eigenvalue weighted by atomic mass is 16.6. The summed E-state index contributed by atoms with van der Waals surface area (Å²) >= 11 is 0. The highest BCUT2D eigenvalue weighted by molar-refractivity contribution is 5.81. The zero-order valence-electron chi connectivity index (χ0n) is 13.8. The lowest BCUT2D eigenvalue weighted by molar-refractivity contribution is -0.155. The molecule has 0 aromatic carbocycles. The largest absolute Gasteiger partial charge is 0.462 e. The first-order chi connectivity index (χ1) is 10.9. The average molecular weight is 346 g/mol. The van der Waals surface area contributed by atoms with Gasteiger partial charge in [0.15, 0.2) is 0 Å². The quantitative estimate of drug-likeness (QED) is 0.250. The van der Waals surface area contributed by atoms with Crippen LogP contribution >= 0.6 is 0 Å². The van der Waals surface area contributed by atoms with E-state index in [2.05, 4.69) is 11.3 Å². The van der Waals surface area contributed by atoms with Crippen molar-refractivity contribution in [2.24, 2.45) is 0 Å². The number of hydrogen-bond acceptors (Lipinski definition) is 7. The minimum Gasteiger partial charge on any atom is -0.462 e. The Hall–Kier alpha value is -1.89. The number of carbonyl (C=O) groups excluding carboxylic acids is 3. The number of aliphatic hydroxyl groups is 1. The van der Waals surface area contributed by atoms with Gasteiger partial charge in [-0.2, -0.15) is 0 Å². The second-order valence-electron chi connectivity index (χ2n) is 4.91. The van der Waals surface area contributed by atoms with E-state index in [-0.39, 0.29) is 39.6 Å². The predicted molar refractivity (Wildman–Crippen MR) is 89.2 cm³/mol. The first-order valence-electron chi connectivity index (χ1n) is 7.75. The van der Waals surface area contributed by atoms with E-state index in [9.17, 15) is 19.5 Å². The molecule has 0 spiro atoms. The lowest BCUT2D eigenvalue weighted by Gasteiger charge is -2.18. The van der Waals surface area contributed by atoms with Crippen LogP contribution in [-0.4, -0.2) is 48.4 Å². The van der Waals surface area contributed by atoms with E-state index in [1.54, 1.807) is 0 Å². The van der Waals surface area contributed by atoms with Gasteiger partial charge in [-0.15, -0.1) is 0 Å². The van der Waals surface area contributed by atoms with Crippen molar-refractivity contribution in [3.05, 3.63) is 12.7 Å². The third-order valence-electron chi connectivity index (χ3n) is 3.05. The van der Waals surface area contributed by atoms with Crippen LogP contribution in [0.1, 0.15) is 53.4 Å². The van der Waals surface area contributed by atoms with Crippen molar-refractivity contribution in [3.8, 4) is 0 Å². The molecule has 0 radical (unpaired) electrons. The minimum absolute atomic E-state index is 0. The van der Waals surface area contributed by atoms with Gasteiger partial charge in [0.2, 0.25) is 0 Å². The summed E-state index contributed by atoms with van der Waals surface area (Å²) in [5, 5.41) is 9.56. The van der Waals surface area contributed by atoms with Crippen LogP contribution in [0.4, 0.5) is 0 Å². The molecule has 2 atom stereocenters. The maximum Gasteiger partial charge on any atom is 0.330 e. The topological polar surface area (TPSA) is 99.1 Å². The first-order valence-corrected chi connectivity index (χ1v) is 7.75. The summed E-state index contributed by atoms with van der Waals surface area (Å²) in [7, 11) is 0. The van der Waals surface area contributed by atoms with Gasteiger partial charge in [-0.3, -0.25) is 9.59 Å². The molecule has 0 saturated carbocycles. The maximum atomic E-state index is 11.7. The molecule has 0 aliphatic carbocycles. The molecule has 0 aromatic rings. The lowest BCUT2D eigenvalue weighted by Crippen LogP contribution is -2.23. The normalized spacial score (nSPS) is 12.3. The number of esters is 3. The Morgan fingerprint density at radius 1 is 1.04 bits per heavy atom. The number of hydrogen-bond donors (Lipinski definition) is 1. The fourth-order valence-electron chi connectivity index (χ4n) is 1.65. The number of ether oxygens (including phenoxy) is 3. The van der Waals surface area contributed by atoms with Gasteiger partial charge in [0.25, 0.3) is 0 Å². The predicted octanol–water partition coefficient (Wildman–Crippen LogP) is 2.16. The fraction of sp³-hybridized carbons (Fsp3) is 0.706. The molecule has 140 valence electrons. The summed E-state index contributed by atoms with van der Waals surface area (Å²) in [5.74, 6) is -1.67. The van der Waals surface area contributed by atoms with E-state index in [1.807, 2.05) is 13.8 Å². The molecule has 2 unspecified atom stereocenters. The Labute approximate surface area is 144 Å². The van der Waals surface area contributed by atoms with Gasteiger partial charge < -0.3 is 19.3 Å². The molecule has 0 fully saturated rings. The zero-order valence-corrected chi connectivity index (χ0v) is 13.8. The molecule has 0 amide bonds. The smallest absolute Gasteiger partial charge is 0.330 e. The van der Waals surface area contributed by atoms with Crippen molar-refractivity contribution in [1.29, 1.82) is 0 Å². The summed E-state index contributed by atoms with van der Waals surface area (Å²) in [5.41, 5.74) is 0. The van der Waals surface area contributed by atoms with Gasteiger partial charge in [0.05, 0.1) is 18.9 Å². The molecule has 0 heterocycles. The second kappa shape index (κ2) is 14.7. The molecule has 7 nitrogen and oxygen atoms in total. The molecule has 1 N–H and O–H groups in total. The van der Waals surface area contributed by atoms with Crippen molar-refractivity contribution in [3.63, 3.8) is 0 Å². The van der Waals surface area contributed by atoms with Gasteiger partial charge in [-0.1, -0.05) is 27.9 Å². The maximum absolute atomic E-state index is 11.7. The Kier molecular flexibility index (Phi) is 14.9. The van der Waals surface area contributed by atoms with Crippen molar-refractivity contribution in [2.45, 2.75) is 65.6 Å². The highest BCUT2D eigenvalue weighted by Gasteiger charge is 2.17. The summed E-state index contributed by atoms with van der Waals surface area (Å²) < 4.78 is 14.6. The van der Waals surface area contributed by atoms with E-state index in [0.717, 1.165) is 6.08 Å². The van der Waals surface area contributed by atoms with E-state index < -0.39 is 24.0 Å². The SMILES string of the molecule is C.C=CC(=O)OCCOC(=O)CCC(=O)OC(CC)CC(O)CC. The van der Waals surface area contributed by atoms with E-state index in [0.29, 0.717) is 19.3 Å². The second-order valence-corrected chi connectivity index (χ2v) is 4.91. The van der Waals surface area contributed by atoms with E-state index >= 15 is 0 Å². The number of carbonyl (C=O) groups is 3. The zero-order chi connectivity index (χ0) is 17.7. The molecule has 7 heteroatoms. The Morgan fingerprint density at radius 2 is 1.62 bits per heavy atom. The molecule has 0 aromatic heterocycles. The number of aliphatic hydroxyl groups excluding tert-OH is 1. The van der Waals surface area contributed by atoms with Crippen LogP contribution in [0.5, 0.6) is 0 Å². The molecule has 0 aliphatic heterocycles. The van der Waals surface area contributed by atoms with Gasteiger partial charge in [-0.05, 0) is 12.8 Å². The Bertz CT molecular complexity index is 392. The van der Waals surface area contributed by atoms with Gasteiger partial charge >= 0.3 is 17.9 Å². The van der Waals surface area contributed by atoms with Crippen molar-refractivity contribution in [2.75, 3.05) is 13.2 Å². The molecule has 24 heavy (non-hydrogen) atoms. The Morgan fingerprint density at radius 3 is 2.17 bits per heavy atom. The molecule has 0 bridgehead atoms. The highest BCUT2D eigenvalue weighted by Crippen LogP contribution is 2.11. The van der Waals surface area contributed by atoms with Crippen LogP contribution in [0, 0.1) is 0 Å². The summed E-state index contributed by atoms with van der Waals surface area (Å²) in [6.07, 6.45) is 1.53. The van der Waals surface area contributed by atoms with Crippen molar-refractivity contribution < 1.29 is 33.7 Å². The van der Waals surface area contributed by atoms with Gasteiger partial charge in [0.1, 0.15) is 19.3 Å². The Balaban J connectivity index is 0. The number of rotatable bonds is 12. The third kappa shape index (κ3) is 12.6. The van der Waals surface area contributed by atoms with Crippen LogP contribution in [0.25, 0.3) is 0 Å². The van der Waals surface area contributed by atoms with Crippen LogP contribution < -0.4 is 0 Å². The summed E-state index contributed by atoms with van der Waals surface area (Å²) in [4.78, 5) is 33.8. The molecule has 0 saturated heterocycles. The average Bonchev–Trinajstić information content (AvgIpc) is 2.55. The summed E-state index contributed by atoms with van der Waals surface area (Å²) in [6.45, 7) is 6.80. The molecular weight excluding hydrogens is 316 g/mol. The van der Waals surface area contributed by atoms with Gasteiger partial charge in [-0.25, -0.2) is 4.79 Å². The van der Waals surface area contributed by atoms with Crippen LogP contribution in [0.3, 0.4) is 0 Å². The van der Waals surface area contributed by atoms with Crippen LogP contribution in [0.15, 0.2) is 12.7 Å². The van der Waals surface area contributed by atoms with E-state index in [1.165, 1.54) is 0 Å². The van der Waals surface area contributed by atoms with E-state index in [4.69, 9.17) is 9.47 Å². The van der Waals surface area contributed by atoms with Crippen LogP contribution in [0.2, 0.25) is 0 Å². The lowest BCUT2D eigenvalue weighted by atomic mass is 10.1. The van der Waals surface area contributed by atoms with Gasteiger partial charge in [0, 0.05) is 12.5 Å². The molecular formula is C17H30O7. The minimum atomic E-state index is -0.593. The van der Waals surface area contributed by atoms with Crippen molar-refractivity contribution in [1.82, 2.24) is 0 Å². The van der Waals surface area contributed by atoms with Crippen molar-refractivity contribution >= 4 is 17.9 Å². The molecule has 0 aliphatic rings. The monoisotopic (exact) mass is 346 g/mol. The van der Waals surface area contributed by atoms with Crippen LogP contribution in [-0.2, 0) is 28.6 Å².